The molecule has 1 fully saturated rings. The normalized spacial score (nSPS) is 17.5. The summed E-state index contributed by atoms with van der Waals surface area (Å²) in [7, 11) is -3.86. The third-order valence-corrected chi connectivity index (χ3v) is 5.79. The lowest BCUT2D eigenvalue weighted by Crippen LogP contribution is -2.44. The molecule has 1 saturated heterocycles. The van der Waals surface area contributed by atoms with Gasteiger partial charge in [-0.05, 0) is 37.5 Å². The molecule has 2 aromatic rings. The van der Waals surface area contributed by atoms with Crippen molar-refractivity contribution < 1.29 is 22.1 Å². The van der Waals surface area contributed by atoms with Gasteiger partial charge in [0, 0.05) is 6.54 Å². The highest BCUT2D eigenvalue weighted by atomic mass is 32.2. The fourth-order valence-electron chi connectivity index (χ4n) is 2.93. The molecular weight excluding hydrogens is 366 g/mol. The van der Waals surface area contributed by atoms with E-state index in [1.807, 2.05) is 37.3 Å². The quantitative estimate of drug-likeness (QED) is 0.732. The maximum atomic E-state index is 12.4. The Labute approximate surface area is 159 Å². The first-order chi connectivity index (χ1) is 12.9. The molecule has 1 heterocycles. The van der Waals surface area contributed by atoms with Crippen LogP contribution in [0.15, 0.2) is 59.5 Å². The summed E-state index contributed by atoms with van der Waals surface area (Å²) < 4.78 is 35.6. The Hall–Kier alpha value is -2.38. The largest absolute Gasteiger partial charge is 0.445 e. The monoisotopic (exact) mass is 389 g/mol. The van der Waals surface area contributed by atoms with Crippen molar-refractivity contribution >= 4 is 16.2 Å². The first-order valence-electron chi connectivity index (χ1n) is 8.89. The van der Waals surface area contributed by atoms with Gasteiger partial charge in [0.25, 0.3) is 10.1 Å². The molecule has 2 aromatic carbocycles. The predicted molar refractivity (Wildman–Crippen MR) is 101 cm³/mol. The van der Waals surface area contributed by atoms with Gasteiger partial charge in [-0.1, -0.05) is 48.0 Å². The first-order valence-corrected chi connectivity index (χ1v) is 10.3. The van der Waals surface area contributed by atoms with Crippen LogP contribution in [0.4, 0.5) is 4.79 Å². The predicted octanol–water partition coefficient (Wildman–Crippen LogP) is 3.50. The van der Waals surface area contributed by atoms with Crippen LogP contribution in [-0.2, 0) is 25.6 Å². The number of amides is 1. The Morgan fingerprint density at radius 2 is 1.81 bits per heavy atom. The molecule has 27 heavy (non-hydrogen) atoms. The van der Waals surface area contributed by atoms with Crippen LogP contribution in [0.25, 0.3) is 0 Å². The summed E-state index contributed by atoms with van der Waals surface area (Å²) in [6.07, 6.45) is 0.205. The number of aryl methyl sites for hydroxylation is 1. The number of nitrogens with zero attached hydrogens (tertiary/aromatic N) is 1. The number of rotatable bonds is 5. The summed E-state index contributed by atoms with van der Waals surface area (Å²) in [5.74, 6) is 0. The Bertz CT molecular complexity index is 865. The van der Waals surface area contributed by atoms with Crippen molar-refractivity contribution in [2.45, 2.75) is 37.4 Å². The molecule has 0 aliphatic carbocycles. The van der Waals surface area contributed by atoms with Crippen molar-refractivity contribution in [2.24, 2.45) is 0 Å². The van der Waals surface area contributed by atoms with Crippen molar-refractivity contribution in [2.75, 3.05) is 13.1 Å². The zero-order valence-electron chi connectivity index (χ0n) is 15.2. The molecule has 0 unspecified atom stereocenters. The Kier molecular flexibility index (Phi) is 6.13. The van der Waals surface area contributed by atoms with E-state index in [1.54, 1.807) is 12.1 Å². The molecular formula is C20H23NO5S. The fourth-order valence-corrected chi connectivity index (χ4v) is 4.03. The Morgan fingerprint density at radius 1 is 1.11 bits per heavy atom. The number of benzene rings is 2. The highest BCUT2D eigenvalue weighted by Gasteiger charge is 2.29. The standard InChI is InChI=1S/C20H23NO5S/c1-16-9-11-19(12-10-16)27(23,24)26-18-8-5-13-21(14-18)20(22)25-15-17-6-3-2-4-7-17/h2-4,6-7,9-12,18H,5,8,13-15H2,1H3/t18-/m0/s1. The fraction of sp³-hybridized carbons (Fsp3) is 0.350. The van der Waals surface area contributed by atoms with Gasteiger partial charge in [0.15, 0.2) is 0 Å². The molecule has 1 atom stereocenters. The molecule has 0 aromatic heterocycles. The zero-order chi connectivity index (χ0) is 19.3. The topological polar surface area (TPSA) is 72.9 Å². The molecule has 0 bridgehead atoms. The summed E-state index contributed by atoms with van der Waals surface area (Å²) in [6, 6.07) is 15.9. The van der Waals surface area contributed by atoms with E-state index < -0.39 is 22.3 Å². The van der Waals surface area contributed by atoms with Crippen LogP contribution in [0, 0.1) is 6.92 Å². The van der Waals surface area contributed by atoms with E-state index in [-0.39, 0.29) is 18.0 Å². The average molecular weight is 389 g/mol. The summed E-state index contributed by atoms with van der Waals surface area (Å²) in [5, 5.41) is 0. The third kappa shape index (κ3) is 5.30. The lowest BCUT2D eigenvalue weighted by molar-refractivity contribution is 0.0571. The van der Waals surface area contributed by atoms with Crippen LogP contribution in [0.5, 0.6) is 0 Å². The number of carbonyl (C=O) groups excluding carboxylic acids is 1. The van der Waals surface area contributed by atoms with Gasteiger partial charge in [-0.25, -0.2) is 4.79 Å². The average Bonchev–Trinajstić information content (AvgIpc) is 2.67. The first kappa shape index (κ1) is 19.4. The van der Waals surface area contributed by atoms with Gasteiger partial charge in [0.05, 0.1) is 17.5 Å². The van der Waals surface area contributed by atoms with Gasteiger partial charge >= 0.3 is 6.09 Å². The van der Waals surface area contributed by atoms with Gasteiger partial charge in [-0.15, -0.1) is 0 Å². The highest BCUT2D eigenvalue weighted by molar-refractivity contribution is 7.86. The number of hydrogen-bond donors (Lipinski definition) is 0. The molecule has 3 rings (SSSR count). The molecule has 1 aliphatic rings. The molecule has 0 spiro atoms. The second-order valence-corrected chi connectivity index (χ2v) is 8.19. The molecule has 1 amide bonds. The van der Waals surface area contributed by atoms with Crippen molar-refractivity contribution in [1.29, 1.82) is 0 Å². The molecule has 7 heteroatoms. The summed E-state index contributed by atoms with van der Waals surface area (Å²) in [5.41, 5.74) is 1.87. The smallest absolute Gasteiger partial charge is 0.410 e. The number of ether oxygens (including phenoxy) is 1. The van der Waals surface area contributed by atoms with Gasteiger partial charge in [0.1, 0.15) is 6.61 Å². The third-order valence-electron chi connectivity index (χ3n) is 4.41. The number of piperidine rings is 1. The van der Waals surface area contributed by atoms with E-state index >= 15 is 0 Å². The Morgan fingerprint density at radius 3 is 2.52 bits per heavy atom. The van der Waals surface area contributed by atoms with Crippen LogP contribution >= 0.6 is 0 Å². The SMILES string of the molecule is Cc1ccc(S(=O)(=O)O[C@H]2CCCN(C(=O)OCc3ccccc3)C2)cc1. The van der Waals surface area contributed by atoms with Gasteiger partial charge in [-0.3, -0.25) is 4.18 Å². The number of likely N-dealkylation sites (tertiary alicyclic amines) is 1. The molecule has 6 nitrogen and oxygen atoms in total. The lowest BCUT2D eigenvalue weighted by Gasteiger charge is -2.31. The minimum Gasteiger partial charge on any atom is -0.445 e. The maximum absolute atomic E-state index is 12.4. The van der Waals surface area contributed by atoms with Gasteiger partial charge in [0.2, 0.25) is 0 Å². The van der Waals surface area contributed by atoms with E-state index in [4.69, 9.17) is 8.92 Å². The molecule has 0 saturated carbocycles. The van der Waals surface area contributed by atoms with Crippen molar-refractivity contribution in [1.82, 2.24) is 4.90 Å². The Balaban J connectivity index is 1.57. The van der Waals surface area contributed by atoms with E-state index in [9.17, 15) is 13.2 Å². The summed E-state index contributed by atoms with van der Waals surface area (Å²) >= 11 is 0. The van der Waals surface area contributed by atoms with Gasteiger partial charge < -0.3 is 9.64 Å². The van der Waals surface area contributed by atoms with E-state index in [0.29, 0.717) is 19.4 Å². The second-order valence-electron chi connectivity index (χ2n) is 6.61. The number of carbonyl (C=O) groups is 1. The molecule has 144 valence electrons. The summed E-state index contributed by atoms with van der Waals surface area (Å²) in [4.78, 5) is 13.9. The zero-order valence-corrected chi connectivity index (χ0v) is 16.0. The number of hydrogen-bond acceptors (Lipinski definition) is 5. The van der Waals surface area contributed by atoms with E-state index in [0.717, 1.165) is 11.1 Å². The van der Waals surface area contributed by atoms with Crippen LogP contribution in [0.1, 0.15) is 24.0 Å². The highest BCUT2D eigenvalue weighted by Crippen LogP contribution is 2.21. The molecule has 0 N–H and O–H groups in total. The van der Waals surface area contributed by atoms with Gasteiger partial charge in [-0.2, -0.15) is 8.42 Å². The van der Waals surface area contributed by atoms with Crippen molar-refractivity contribution in [3.05, 3.63) is 65.7 Å². The minimum absolute atomic E-state index is 0.122. The summed E-state index contributed by atoms with van der Waals surface area (Å²) in [6.45, 7) is 2.79. The van der Waals surface area contributed by atoms with E-state index in [2.05, 4.69) is 0 Å². The maximum Gasteiger partial charge on any atom is 0.410 e. The van der Waals surface area contributed by atoms with Crippen molar-refractivity contribution in [3.63, 3.8) is 0 Å². The molecule has 1 aliphatic heterocycles. The van der Waals surface area contributed by atoms with Crippen LogP contribution in [-0.4, -0.2) is 38.6 Å². The lowest BCUT2D eigenvalue weighted by atomic mass is 10.1. The van der Waals surface area contributed by atoms with Crippen LogP contribution in [0.2, 0.25) is 0 Å². The van der Waals surface area contributed by atoms with Crippen LogP contribution < -0.4 is 0 Å². The molecule has 0 radical (unpaired) electrons. The van der Waals surface area contributed by atoms with Crippen LogP contribution in [0.3, 0.4) is 0 Å². The van der Waals surface area contributed by atoms with E-state index in [1.165, 1.54) is 17.0 Å². The minimum atomic E-state index is -3.86. The van der Waals surface area contributed by atoms with Crippen molar-refractivity contribution in [3.8, 4) is 0 Å². The second kappa shape index (κ2) is 8.54.